The Bertz CT molecular complexity index is 3340. The predicted molar refractivity (Wildman–Crippen MR) is 257 cm³/mol. The molecule has 2 unspecified atom stereocenters. The third kappa shape index (κ3) is 6.15. The minimum absolute atomic E-state index is 0.0752. The van der Waals surface area contributed by atoms with Crippen LogP contribution in [0, 0.1) is 0 Å². The number of allylic oxidation sites excluding steroid dienone is 2. The van der Waals surface area contributed by atoms with E-state index in [2.05, 4.69) is 228 Å². The number of anilines is 2. The molecule has 2 aromatic heterocycles. The first-order chi connectivity index (χ1) is 30.7. The molecule has 0 fully saturated rings. The van der Waals surface area contributed by atoms with E-state index in [4.69, 9.17) is 9.97 Å². The molecule has 0 amide bonds. The maximum absolute atomic E-state index is 5.26. The lowest BCUT2D eigenvalue weighted by atomic mass is 9.89. The van der Waals surface area contributed by atoms with Gasteiger partial charge in [-0.15, -0.1) is 0 Å². The maximum atomic E-state index is 5.26. The van der Waals surface area contributed by atoms with E-state index in [0.717, 1.165) is 28.1 Å². The number of fused-ring (bicyclic) bond motifs is 6. The van der Waals surface area contributed by atoms with Crippen LogP contribution in [0.3, 0.4) is 0 Å². The van der Waals surface area contributed by atoms with E-state index in [-0.39, 0.29) is 12.0 Å². The minimum Gasteiger partial charge on any atom is -0.309 e. The highest BCUT2D eigenvalue weighted by molar-refractivity contribution is 6.10. The Morgan fingerprint density at radius 1 is 0.403 bits per heavy atom. The van der Waals surface area contributed by atoms with E-state index in [1.54, 1.807) is 0 Å². The van der Waals surface area contributed by atoms with Crippen LogP contribution >= 0.6 is 0 Å². The Morgan fingerprint density at radius 3 is 1.74 bits per heavy atom. The van der Waals surface area contributed by atoms with Gasteiger partial charge in [-0.2, -0.15) is 0 Å². The molecule has 4 nitrogen and oxygen atoms in total. The third-order valence-corrected chi connectivity index (χ3v) is 12.6. The average molecular weight is 793 g/mol. The molecule has 3 heterocycles. The summed E-state index contributed by atoms with van der Waals surface area (Å²) >= 11 is 0. The molecule has 10 aromatic rings. The summed E-state index contributed by atoms with van der Waals surface area (Å²) in [6, 6.07) is 72.1. The highest BCUT2D eigenvalue weighted by atomic mass is 15.3. The van der Waals surface area contributed by atoms with Crippen LogP contribution in [0.25, 0.3) is 83.3 Å². The molecule has 0 saturated heterocycles. The SMILES string of the molecule is C1=CC2c3cc(-c4ccc5c(c4)c4ccccc4n5-c4ccccc4)ccc3N(c3nccc(-c4cccc(-c5ccc(-c6ccc(-c7ccccc7)cc6)cc5)c4)n3)C2C=C1. The van der Waals surface area contributed by atoms with Gasteiger partial charge in [0.2, 0.25) is 5.95 Å². The van der Waals surface area contributed by atoms with E-state index in [9.17, 15) is 0 Å². The Morgan fingerprint density at radius 2 is 0.968 bits per heavy atom. The fourth-order valence-electron chi connectivity index (χ4n) is 9.58. The molecule has 0 bridgehead atoms. The van der Waals surface area contributed by atoms with Crippen molar-refractivity contribution in [3.63, 3.8) is 0 Å². The normalized spacial score (nSPS) is 15.3. The van der Waals surface area contributed by atoms with Gasteiger partial charge in [-0.1, -0.05) is 170 Å². The first kappa shape index (κ1) is 35.8. The van der Waals surface area contributed by atoms with E-state index in [0.29, 0.717) is 5.95 Å². The fourth-order valence-corrected chi connectivity index (χ4v) is 9.58. The Kier molecular flexibility index (Phi) is 8.60. The summed E-state index contributed by atoms with van der Waals surface area (Å²) in [5.74, 6) is 0.881. The fraction of sp³-hybridized carbons (Fsp3) is 0.0345. The molecule has 0 saturated carbocycles. The molecule has 292 valence electrons. The number of nitrogens with zero attached hydrogens (tertiary/aromatic N) is 4. The Balaban J connectivity index is 0.848. The molecule has 2 aliphatic rings. The van der Waals surface area contributed by atoms with Gasteiger partial charge in [-0.3, -0.25) is 0 Å². The minimum atomic E-state index is 0.0752. The molecule has 0 N–H and O–H groups in total. The number of benzene rings is 8. The average Bonchev–Trinajstić information content (AvgIpc) is 3.87. The topological polar surface area (TPSA) is 34.0 Å². The van der Waals surface area contributed by atoms with Crippen molar-refractivity contribution in [1.29, 1.82) is 0 Å². The molecule has 8 aromatic carbocycles. The van der Waals surface area contributed by atoms with Crippen LogP contribution in [0.1, 0.15) is 11.5 Å². The van der Waals surface area contributed by atoms with Crippen molar-refractivity contribution < 1.29 is 0 Å². The molecular weight excluding hydrogens is 753 g/mol. The molecule has 12 rings (SSSR count). The summed E-state index contributed by atoms with van der Waals surface area (Å²) in [6.45, 7) is 0. The van der Waals surface area contributed by atoms with Crippen molar-refractivity contribution in [2.45, 2.75) is 12.0 Å². The molecule has 4 heteroatoms. The van der Waals surface area contributed by atoms with Crippen molar-refractivity contribution in [2.24, 2.45) is 0 Å². The first-order valence-corrected chi connectivity index (χ1v) is 21.3. The summed E-state index contributed by atoms with van der Waals surface area (Å²) < 4.78 is 2.37. The van der Waals surface area contributed by atoms with Crippen molar-refractivity contribution in [3.8, 4) is 61.5 Å². The lowest BCUT2D eigenvalue weighted by molar-refractivity contribution is 0.730. The van der Waals surface area contributed by atoms with Gasteiger partial charge in [0.1, 0.15) is 0 Å². The zero-order valence-corrected chi connectivity index (χ0v) is 33.9. The lowest BCUT2D eigenvalue weighted by Crippen LogP contribution is -2.30. The monoisotopic (exact) mass is 792 g/mol. The van der Waals surface area contributed by atoms with Crippen LogP contribution in [0.15, 0.2) is 231 Å². The molecule has 2 atom stereocenters. The van der Waals surface area contributed by atoms with Crippen molar-refractivity contribution in [1.82, 2.24) is 14.5 Å². The van der Waals surface area contributed by atoms with E-state index in [1.165, 1.54) is 66.4 Å². The smallest absolute Gasteiger partial charge is 0.231 e. The van der Waals surface area contributed by atoms with Crippen LogP contribution in [0.4, 0.5) is 11.6 Å². The molecule has 0 radical (unpaired) electrons. The van der Waals surface area contributed by atoms with Crippen molar-refractivity contribution in [2.75, 3.05) is 4.90 Å². The second-order valence-electron chi connectivity index (χ2n) is 16.2. The van der Waals surface area contributed by atoms with Crippen molar-refractivity contribution >= 4 is 33.4 Å². The summed E-state index contributed by atoms with van der Waals surface area (Å²) in [4.78, 5) is 12.5. The summed E-state index contributed by atoms with van der Waals surface area (Å²) in [6.07, 6.45) is 10.8. The van der Waals surface area contributed by atoms with Gasteiger partial charge in [0.25, 0.3) is 0 Å². The number of hydrogen-bond donors (Lipinski definition) is 0. The van der Waals surface area contributed by atoms with Gasteiger partial charge >= 0.3 is 0 Å². The van der Waals surface area contributed by atoms with E-state index >= 15 is 0 Å². The lowest BCUT2D eigenvalue weighted by Gasteiger charge is -2.26. The van der Waals surface area contributed by atoms with Crippen LogP contribution in [-0.2, 0) is 0 Å². The van der Waals surface area contributed by atoms with Gasteiger partial charge in [-0.25, -0.2) is 9.97 Å². The largest absolute Gasteiger partial charge is 0.309 e. The van der Waals surface area contributed by atoms with Crippen LogP contribution in [0.2, 0.25) is 0 Å². The standard InChI is InChI=1S/C58H40N4/c1-3-12-39(13-4-1)40-22-24-41(25-23-40)42-26-28-43(29-27-42)44-14-11-15-47(36-44)53-34-35-59-58(60-53)62-55-21-10-8-19-50(55)52-38-46(31-33-57(52)62)45-30-32-56-51(37-45)49-18-7-9-20-54(49)61(56)48-16-5-2-6-17-48/h1-38,50,55H. The zero-order valence-electron chi connectivity index (χ0n) is 33.9. The molecule has 0 spiro atoms. The van der Waals surface area contributed by atoms with Crippen LogP contribution in [0.5, 0.6) is 0 Å². The quantitative estimate of drug-likeness (QED) is 0.161. The second kappa shape index (κ2) is 14.9. The predicted octanol–water partition coefficient (Wildman–Crippen LogP) is 14.6. The van der Waals surface area contributed by atoms with Crippen LogP contribution in [-0.4, -0.2) is 20.6 Å². The van der Waals surface area contributed by atoms with E-state index in [1.807, 2.05) is 12.3 Å². The molecule has 1 aliphatic carbocycles. The molecule has 1 aliphatic heterocycles. The Hall–Kier alpha value is -8.08. The van der Waals surface area contributed by atoms with Crippen molar-refractivity contribution in [3.05, 3.63) is 236 Å². The summed E-state index contributed by atoms with van der Waals surface area (Å²) in [5, 5.41) is 2.50. The summed E-state index contributed by atoms with van der Waals surface area (Å²) in [7, 11) is 0. The highest BCUT2D eigenvalue weighted by Gasteiger charge is 2.39. The van der Waals surface area contributed by atoms with E-state index < -0.39 is 0 Å². The number of aromatic nitrogens is 3. The molecular formula is C58H40N4. The van der Waals surface area contributed by atoms with Gasteiger partial charge in [0, 0.05) is 39.8 Å². The van der Waals surface area contributed by atoms with Crippen LogP contribution < -0.4 is 4.90 Å². The van der Waals surface area contributed by atoms with Gasteiger partial charge in [0.05, 0.1) is 22.8 Å². The summed E-state index contributed by atoms with van der Waals surface area (Å²) in [5.41, 5.74) is 17.5. The maximum Gasteiger partial charge on any atom is 0.231 e. The third-order valence-electron chi connectivity index (χ3n) is 12.6. The number of hydrogen-bond acceptors (Lipinski definition) is 3. The Labute approximate surface area is 361 Å². The second-order valence-corrected chi connectivity index (χ2v) is 16.2. The number of rotatable bonds is 7. The van der Waals surface area contributed by atoms with Gasteiger partial charge in [0.15, 0.2) is 0 Å². The molecule has 62 heavy (non-hydrogen) atoms. The van der Waals surface area contributed by atoms with Gasteiger partial charge in [-0.05, 0) is 105 Å². The van der Waals surface area contributed by atoms with Gasteiger partial charge < -0.3 is 9.47 Å². The zero-order chi connectivity index (χ0) is 41.0. The number of para-hydroxylation sites is 2. The first-order valence-electron chi connectivity index (χ1n) is 21.3. The highest BCUT2D eigenvalue weighted by Crippen LogP contribution is 2.48.